The molecule has 136 valence electrons. The third-order valence-electron chi connectivity index (χ3n) is 3.84. The number of nitrogens with zero attached hydrogens (tertiary/aromatic N) is 2. The predicted molar refractivity (Wildman–Crippen MR) is 87.7 cm³/mol. The first kappa shape index (κ1) is 18.4. The lowest BCUT2D eigenvalue weighted by atomic mass is 10.0. The molecule has 0 spiro atoms. The van der Waals surface area contributed by atoms with Crippen molar-refractivity contribution in [2.75, 3.05) is 0 Å². The summed E-state index contributed by atoms with van der Waals surface area (Å²) in [5.74, 6) is -6.13. The Hall–Kier alpha value is -2.41. The van der Waals surface area contributed by atoms with E-state index in [1.807, 2.05) is 0 Å². The first-order valence-corrected chi connectivity index (χ1v) is 7.87. The molecule has 3 aromatic rings. The van der Waals surface area contributed by atoms with Gasteiger partial charge in [0.15, 0.2) is 11.6 Å². The molecular weight excluding hydrogens is 375 g/mol. The van der Waals surface area contributed by atoms with E-state index in [1.165, 1.54) is 24.4 Å². The van der Waals surface area contributed by atoms with E-state index in [1.54, 1.807) is 0 Å². The van der Waals surface area contributed by atoms with Gasteiger partial charge < -0.3 is 0 Å². The first-order chi connectivity index (χ1) is 12.2. The second kappa shape index (κ2) is 6.72. The number of rotatable bonds is 4. The van der Waals surface area contributed by atoms with Crippen LogP contribution in [0.1, 0.15) is 18.5 Å². The highest BCUT2D eigenvalue weighted by Crippen LogP contribution is 2.36. The Bertz CT molecular complexity index is 932. The van der Waals surface area contributed by atoms with Gasteiger partial charge >= 0.3 is 0 Å². The number of hydrogen-bond acceptors (Lipinski definition) is 1. The van der Waals surface area contributed by atoms with Gasteiger partial charge in [-0.3, -0.25) is 4.68 Å². The molecule has 1 aromatic heterocycles. The zero-order chi connectivity index (χ0) is 19.1. The minimum Gasteiger partial charge on any atom is -0.258 e. The lowest BCUT2D eigenvalue weighted by Gasteiger charge is -2.24. The molecule has 0 saturated heterocycles. The van der Waals surface area contributed by atoms with Crippen LogP contribution in [0.15, 0.2) is 48.8 Å². The van der Waals surface area contributed by atoms with Crippen molar-refractivity contribution >= 4 is 11.6 Å². The summed E-state index contributed by atoms with van der Waals surface area (Å²) in [7, 11) is 0. The maximum Gasteiger partial charge on any atom is 0.271 e. The van der Waals surface area contributed by atoms with E-state index in [0.717, 1.165) is 29.1 Å². The van der Waals surface area contributed by atoms with Crippen molar-refractivity contribution < 1.29 is 22.0 Å². The van der Waals surface area contributed by atoms with Crippen LogP contribution in [0, 0.1) is 17.5 Å². The third-order valence-corrected chi connectivity index (χ3v) is 4.05. The van der Waals surface area contributed by atoms with E-state index in [9.17, 15) is 22.0 Å². The van der Waals surface area contributed by atoms with Crippen LogP contribution >= 0.6 is 11.6 Å². The van der Waals surface area contributed by atoms with Gasteiger partial charge in [-0.25, -0.2) is 22.0 Å². The van der Waals surface area contributed by atoms with Gasteiger partial charge in [0.25, 0.3) is 5.92 Å². The standard InChI is InChI=1S/C18H12ClF5N2/c1-18(23,24)17(10-2-4-13(20)5-3-10)26-9-11(8-25-26)14-6-12(19)7-15(21)16(14)22/h2-9,17H,1H3. The first-order valence-electron chi connectivity index (χ1n) is 7.49. The van der Waals surface area contributed by atoms with E-state index in [0.29, 0.717) is 6.92 Å². The summed E-state index contributed by atoms with van der Waals surface area (Å²) in [5.41, 5.74) is 0.00471. The van der Waals surface area contributed by atoms with Crippen LogP contribution in [0.5, 0.6) is 0 Å². The van der Waals surface area contributed by atoms with Crippen molar-refractivity contribution in [2.45, 2.75) is 18.9 Å². The van der Waals surface area contributed by atoms with Crippen LogP contribution in [-0.2, 0) is 0 Å². The Labute approximate surface area is 150 Å². The highest BCUT2D eigenvalue weighted by molar-refractivity contribution is 6.30. The summed E-state index contributed by atoms with van der Waals surface area (Å²) in [6, 6.07) is 5.00. The average molecular weight is 387 g/mol. The lowest BCUT2D eigenvalue weighted by Crippen LogP contribution is -2.29. The van der Waals surface area contributed by atoms with Gasteiger partial charge in [0, 0.05) is 29.3 Å². The molecule has 0 bridgehead atoms. The fourth-order valence-electron chi connectivity index (χ4n) is 2.71. The summed E-state index contributed by atoms with van der Waals surface area (Å²) in [4.78, 5) is 0. The van der Waals surface area contributed by atoms with Crippen molar-refractivity contribution in [1.29, 1.82) is 0 Å². The zero-order valence-electron chi connectivity index (χ0n) is 13.4. The monoisotopic (exact) mass is 386 g/mol. The molecule has 3 rings (SSSR count). The Morgan fingerprint density at radius 3 is 2.35 bits per heavy atom. The van der Waals surface area contributed by atoms with Crippen LogP contribution < -0.4 is 0 Å². The minimum absolute atomic E-state index is 0.0393. The summed E-state index contributed by atoms with van der Waals surface area (Å²) < 4.78 is 69.9. The average Bonchev–Trinajstić information content (AvgIpc) is 3.01. The molecular formula is C18H12ClF5N2. The molecule has 1 heterocycles. The molecule has 0 amide bonds. The van der Waals surface area contributed by atoms with Gasteiger partial charge in [-0.15, -0.1) is 0 Å². The fourth-order valence-corrected chi connectivity index (χ4v) is 2.91. The molecule has 1 unspecified atom stereocenters. The van der Waals surface area contributed by atoms with Crippen LogP contribution in [0.4, 0.5) is 22.0 Å². The van der Waals surface area contributed by atoms with E-state index in [2.05, 4.69) is 5.10 Å². The predicted octanol–water partition coefficient (Wildman–Crippen LogP) is 5.87. The minimum atomic E-state index is -3.25. The number of alkyl halides is 2. The molecule has 0 N–H and O–H groups in total. The van der Waals surface area contributed by atoms with Crippen molar-refractivity contribution in [3.63, 3.8) is 0 Å². The molecule has 0 aliphatic rings. The largest absolute Gasteiger partial charge is 0.271 e. The number of aromatic nitrogens is 2. The topological polar surface area (TPSA) is 17.8 Å². The van der Waals surface area contributed by atoms with Gasteiger partial charge in [0.2, 0.25) is 0 Å². The third kappa shape index (κ3) is 3.58. The maximum absolute atomic E-state index is 14.2. The highest BCUT2D eigenvalue weighted by atomic mass is 35.5. The molecule has 0 fully saturated rings. The van der Waals surface area contributed by atoms with Crippen molar-refractivity contribution in [2.24, 2.45) is 0 Å². The van der Waals surface area contributed by atoms with E-state index >= 15 is 0 Å². The Morgan fingerprint density at radius 2 is 1.73 bits per heavy atom. The molecule has 26 heavy (non-hydrogen) atoms. The van der Waals surface area contributed by atoms with Crippen LogP contribution in [0.25, 0.3) is 11.1 Å². The number of halogens is 6. The second-order valence-corrected chi connectivity index (χ2v) is 6.30. The number of hydrogen-bond donors (Lipinski definition) is 0. The smallest absolute Gasteiger partial charge is 0.258 e. The van der Waals surface area contributed by atoms with E-state index in [-0.39, 0.29) is 21.7 Å². The maximum atomic E-state index is 14.2. The molecule has 1 atom stereocenters. The summed E-state index contributed by atoms with van der Waals surface area (Å²) in [6.07, 6.45) is 2.30. The fraction of sp³-hybridized carbons (Fsp3) is 0.167. The molecule has 8 heteroatoms. The van der Waals surface area contributed by atoms with Crippen LogP contribution in [0.3, 0.4) is 0 Å². The van der Waals surface area contributed by atoms with Gasteiger partial charge in [0.05, 0.1) is 6.20 Å². The second-order valence-electron chi connectivity index (χ2n) is 5.87. The van der Waals surface area contributed by atoms with Gasteiger partial charge in [-0.1, -0.05) is 23.7 Å². The van der Waals surface area contributed by atoms with Gasteiger partial charge in [-0.05, 0) is 29.8 Å². The van der Waals surface area contributed by atoms with Crippen LogP contribution in [0.2, 0.25) is 5.02 Å². The molecule has 2 nitrogen and oxygen atoms in total. The normalized spacial score (nSPS) is 13.0. The Balaban J connectivity index is 2.08. The molecule has 0 aliphatic carbocycles. The van der Waals surface area contributed by atoms with E-state index in [4.69, 9.17) is 11.6 Å². The van der Waals surface area contributed by atoms with Crippen molar-refractivity contribution in [1.82, 2.24) is 9.78 Å². The van der Waals surface area contributed by atoms with Crippen LogP contribution in [-0.4, -0.2) is 15.7 Å². The van der Waals surface area contributed by atoms with E-state index < -0.39 is 29.4 Å². The molecule has 0 aliphatic heterocycles. The number of benzene rings is 2. The Morgan fingerprint density at radius 1 is 1.08 bits per heavy atom. The summed E-state index contributed by atoms with van der Waals surface area (Å²) in [6.45, 7) is 0.696. The zero-order valence-corrected chi connectivity index (χ0v) is 14.1. The molecule has 0 radical (unpaired) electrons. The quantitative estimate of drug-likeness (QED) is 0.405. The van der Waals surface area contributed by atoms with Gasteiger partial charge in [-0.2, -0.15) is 5.10 Å². The Kier molecular flexibility index (Phi) is 4.75. The highest BCUT2D eigenvalue weighted by Gasteiger charge is 2.37. The van der Waals surface area contributed by atoms with Crippen molar-refractivity contribution in [3.05, 3.63) is 76.8 Å². The van der Waals surface area contributed by atoms with Crippen molar-refractivity contribution in [3.8, 4) is 11.1 Å². The molecule has 0 saturated carbocycles. The SMILES string of the molecule is CC(F)(F)C(c1ccc(F)cc1)n1cc(-c2cc(Cl)cc(F)c2F)cn1. The summed E-state index contributed by atoms with van der Waals surface area (Å²) in [5, 5.41) is 3.83. The molecule has 2 aromatic carbocycles. The van der Waals surface area contributed by atoms with Gasteiger partial charge in [0.1, 0.15) is 11.9 Å². The lowest BCUT2D eigenvalue weighted by molar-refractivity contribution is -0.0217. The summed E-state index contributed by atoms with van der Waals surface area (Å²) >= 11 is 5.74.